The number of nitrogens with one attached hydrogen (secondary N) is 2. The molecule has 2 fully saturated rings. The summed E-state index contributed by atoms with van der Waals surface area (Å²) in [6.07, 6.45) is 2.55. The summed E-state index contributed by atoms with van der Waals surface area (Å²) in [4.78, 5) is 10.8. The third-order valence-corrected chi connectivity index (χ3v) is 6.96. The predicted molar refractivity (Wildman–Crippen MR) is 117 cm³/mol. The molecule has 5 nitrogen and oxygen atoms in total. The van der Waals surface area contributed by atoms with E-state index in [2.05, 4.69) is 69.7 Å². The fourth-order valence-electron chi connectivity index (χ4n) is 3.46. The molecule has 1 aliphatic carbocycles. The Hall–Kier alpha value is -1.24. The molecule has 0 radical (unpaired) electrons. The Bertz CT molecular complexity index is 594. The van der Waals surface area contributed by atoms with Crippen LogP contribution in [0.2, 0.25) is 0 Å². The van der Waals surface area contributed by atoms with Crippen LogP contribution >= 0.6 is 11.8 Å². The zero-order chi connectivity index (χ0) is 19.1. The van der Waals surface area contributed by atoms with Crippen molar-refractivity contribution in [1.82, 2.24) is 20.4 Å². The number of piperazine rings is 1. The molecule has 1 heterocycles. The first-order chi connectivity index (χ1) is 13.1. The molecular formula is C21H35N5S. The Morgan fingerprint density at radius 1 is 1.15 bits per heavy atom. The number of guanidine groups is 1. The summed E-state index contributed by atoms with van der Waals surface area (Å²) < 4.78 is 0.338. The highest BCUT2D eigenvalue weighted by Gasteiger charge is 2.43. The molecule has 0 spiro atoms. The Kier molecular flexibility index (Phi) is 7.44. The lowest BCUT2D eigenvalue weighted by molar-refractivity contribution is 0.139. The largest absolute Gasteiger partial charge is 0.356 e. The van der Waals surface area contributed by atoms with Crippen LogP contribution in [-0.4, -0.2) is 80.4 Å². The van der Waals surface area contributed by atoms with E-state index < -0.39 is 0 Å². The summed E-state index contributed by atoms with van der Waals surface area (Å²) in [7, 11) is 4.07. The Morgan fingerprint density at radius 3 is 2.48 bits per heavy atom. The fraction of sp³-hybridized carbons (Fsp3) is 0.667. The van der Waals surface area contributed by atoms with Crippen LogP contribution in [0.3, 0.4) is 0 Å². The molecule has 1 unspecified atom stereocenters. The Balaban J connectivity index is 1.37. The third kappa shape index (κ3) is 6.70. The second-order valence-electron chi connectivity index (χ2n) is 8.11. The van der Waals surface area contributed by atoms with Crippen molar-refractivity contribution in [3.05, 3.63) is 30.3 Å². The van der Waals surface area contributed by atoms with Gasteiger partial charge in [-0.15, -0.1) is 11.8 Å². The number of nitrogens with zero attached hydrogens (tertiary/aromatic N) is 3. The molecule has 0 bridgehead atoms. The Morgan fingerprint density at radius 2 is 1.85 bits per heavy atom. The average Bonchev–Trinajstić information content (AvgIpc) is 3.44. The van der Waals surface area contributed by atoms with Crippen LogP contribution in [0.4, 0.5) is 0 Å². The summed E-state index contributed by atoms with van der Waals surface area (Å²) in [6.45, 7) is 10.2. The van der Waals surface area contributed by atoms with Crippen LogP contribution in [0.1, 0.15) is 19.8 Å². The van der Waals surface area contributed by atoms with Gasteiger partial charge in [0.2, 0.25) is 0 Å². The van der Waals surface area contributed by atoms with Crippen molar-refractivity contribution in [3.8, 4) is 0 Å². The number of thioether (sulfide) groups is 1. The van der Waals surface area contributed by atoms with Crippen molar-refractivity contribution in [2.45, 2.75) is 29.4 Å². The zero-order valence-electron chi connectivity index (χ0n) is 17.1. The number of aliphatic imine (C=N–C) groups is 1. The van der Waals surface area contributed by atoms with E-state index in [-0.39, 0.29) is 0 Å². The first kappa shape index (κ1) is 20.5. The second-order valence-corrected chi connectivity index (χ2v) is 9.66. The molecule has 1 atom stereocenters. The highest BCUT2D eigenvalue weighted by molar-refractivity contribution is 8.01. The van der Waals surface area contributed by atoms with Gasteiger partial charge < -0.3 is 20.4 Å². The zero-order valence-corrected chi connectivity index (χ0v) is 17.9. The van der Waals surface area contributed by atoms with Gasteiger partial charge in [-0.05, 0) is 37.9 Å². The highest BCUT2D eigenvalue weighted by Crippen LogP contribution is 2.51. The van der Waals surface area contributed by atoms with Crippen LogP contribution < -0.4 is 10.6 Å². The lowest BCUT2D eigenvalue weighted by Crippen LogP contribution is -2.48. The maximum absolute atomic E-state index is 4.42. The van der Waals surface area contributed by atoms with Crippen molar-refractivity contribution in [2.24, 2.45) is 10.9 Å². The smallest absolute Gasteiger partial charge is 0.191 e. The van der Waals surface area contributed by atoms with E-state index in [4.69, 9.17) is 0 Å². The van der Waals surface area contributed by atoms with Crippen LogP contribution in [0.5, 0.6) is 0 Å². The van der Waals surface area contributed by atoms with Gasteiger partial charge in [0.05, 0.1) is 0 Å². The molecular weight excluding hydrogens is 354 g/mol. The Labute approximate surface area is 169 Å². The van der Waals surface area contributed by atoms with Crippen LogP contribution in [0.25, 0.3) is 0 Å². The SMILES string of the molecule is CN=C(NCC(C)CN1CCN(C)CC1)NCC1(Sc2ccccc2)CC1. The average molecular weight is 390 g/mol. The summed E-state index contributed by atoms with van der Waals surface area (Å²) in [5.74, 6) is 1.54. The second kappa shape index (κ2) is 9.80. The van der Waals surface area contributed by atoms with Gasteiger partial charge in [-0.1, -0.05) is 25.1 Å². The van der Waals surface area contributed by atoms with E-state index in [1.165, 1.54) is 43.9 Å². The minimum Gasteiger partial charge on any atom is -0.356 e. The molecule has 3 rings (SSSR count). The molecule has 150 valence electrons. The maximum atomic E-state index is 4.42. The monoisotopic (exact) mass is 389 g/mol. The molecule has 1 saturated heterocycles. The third-order valence-electron chi connectivity index (χ3n) is 5.47. The molecule has 1 aliphatic heterocycles. The van der Waals surface area contributed by atoms with E-state index >= 15 is 0 Å². The standard InChI is InChI=1S/C21H35N5S/c1-18(16-26-13-11-25(3)12-14-26)15-23-20(22-2)24-17-21(9-10-21)27-19-7-5-4-6-8-19/h4-8,18H,9-17H2,1-3H3,(H2,22,23,24). The topological polar surface area (TPSA) is 42.9 Å². The molecule has 27 heavy (non-hydrogen) atoms. The minimum absolute atomic E-state index is 0.338. The maximum Gasteiger partial charge on any atom is 0.191 e. The van der Waals surface area contributed by atoms with E-state index in [1.54, 1.807) is 0 Å². The molecule has 1 aromatic rings. The quantitative estimate of drug-likeness (QED) is 0.528. The number of rotatable bonds is 8. The van der Waals surface area contributed by atoms with Crippen LogP contribution in [-0.2, 0) is 0 Å². The molecule has 1 aromatic carbocycles. The van der Waals surface area contributed by atoms with Crippen molar-refractivity contribution < 1.29 is 0 Å². The number of hydrogen-bond donors (Lipinski definition) is 2. The van der Waals surface area contributed by atoms with E-state index in [0.717, 1.165) is 25.6 Å². The molecule has 2 N–H and O–H groups in total. The first-order valence-electron chi connectivity index (χ1n) is 10.2. The van der Waals surface area contributed by atoms with Gasteiger partial charge >= 0.3 is 0 Å². The van der Waals surface area contributed by atoms with Gasteiger partial charge in [0.1, 0.15) is 0 Å². The minimum atomic E-state index is 0.338. The summed E-state index contributed by atoms with van der Waals surface area (Å²) in [6, 6.07) is 10.7. The summed E-state index contributed by atoms with van der Waals surface area (Å²) >= 11 is 2.00. The molecule has 0 aromatic heterocycles. The van der Waals surface area contributed by atoms with E-state index in [9.17, 15) is 0 Å². The summed E-state index contributed by atoms with van der Waals surface area (Å²) in [5.41, 5.74) is 0. The van der Waals surface area contributed by atoms with Gasteiger partial charge in [-0.3, -0.25) is 4.99 Å². The van der Waals surface area contributed by atoms with Gasteiger partial charge in [0, 0.05) is 62.5 Å². The van der Waals surface area contributed by atoms with Crippen molar-refractivity contribution >= 4 is 17.7 Å². The van der Waals surface area contributed by atoms with Gasteiger partial charge in [0.25, 0.3) is 0 Å². The molecule has 1 saturated carbocycles. The molecule has 0 amide bonds. The normalized spacial score (nSPS) is 21.7. The number of likely N-dealkylation sites (N-methyl/N-ethyl adjacent to an activating group) is 1. The van der Waals surface area contributed by atoms with Gasteiger partial charge in [-0.2, -0.15) is 0 Å². The predicted octanol–water partition coefficient (Wildman–Crippen LogP) is 2.36. The highest BCUT2D eigenvalue weighted by atomic mass is 32.2. The fourth-order valence-corrected chi connectivity index (χ4v) is 4.71. The van der Waals surface area contributed by atoms with Gasteiger partial charge in [-0.25, -0.2) is 0 Å². The van der Waals surface area contributed by atoms with E-state index in [0.29, 0.717) is 10.7 Å². The molecule has 6 heteroatoms. The first-order valence-corrected chi connectivity index (χ1v) is 11.0. The van der Waals surface area contributed by atoms with Crippen LogP contribution in [0.15, 0.2) is 40.2 Å². The lowest BCUT2D eigenvalue weighted by atomic mass is 10.1. The summed E-state index contributed by atoms with van der Waals surface area (Å²) in [5, 5.41) is 7.08. The number of hydrogen-bond acceptors (Lipinski definition) is 4. The van der Waals surface area contributed by atoms with Crippen molar-refractivity contribution in [3.63, 3.8) is 0 Å². The lowest BCUT2D eigenvalue weighted by Gasteiger charge is -2.34. The van der Waals surface area contributed by atoms with Crippen LogP contribution in [0, 0.1) is 5.92 Å². The van der Waals surface area contributed by atoms with Gasteiger partial charge in [0.15, 0.2) is 5.96 Å². The van der Waals surface area contributed by atoms with Crippen molar-refractivity contribution in [2.75, 3.05) is 59.9 Å². The molecule has 2 aliphatic rings. The van der Waals surface area contributed by atoms with E-state index in [1.807, 2.05) is 18.8 Å². The number of benzene rings is 1. The van der Waals surface area contributed by atoms with Crippen molar-refractivity contribution in [1.29, 1.82) is 0 Å².